The largest absolute Gasteiger partial charge is 2.00 e. The molecule has 0 rings (SSSR count). The van der Waals surface area contributed by atoms with Gasteiger partial charge in [0.25, 0.3) is 0 Å². The minimum Gasteiger partial charge on any atom is -0.181 e. The molecule has 0 saturated carbocycles. The topological polar surface area (TPSA) is 0 Å². The molecule has 0 aliphatic heterocycles. The van der Waals surface area contributed by atoms with Gasteiger partial charge in [-0.1, -0.05) is 55.4 Å². The number of hydrogen-bond donors (Lipinski definition) is 0. The molecular formula is C16H40B2Mg. The molecule has 0 aromatic rings. The van der Waals surface area contributed by atoms with Gasteiger partial charge in [-0.15, -0.1) is 0 Å². The quantitative estimate of drug-likeness (QED) is 0.436. The fourth-order valence-corrected chi connectivity index (χ4v) is 3.46. The Kier molecular flexibility index (Phi) is 18.2. The molecule has 112 valence electrons. The summed E-state index contributed by atoms with van der Waals surface area (Å²) in [5.41, 5.74) is 0. The molecule has 0 spiro atoms. The van der Waals surface area contributed by atoms with Gasteiger partial charge in [-0.05, 0) is 12.3 Å². The maximum atomic E-state index is 2.33. The maximum absolute atomic E-state index is 2.33. The summed E-state index contributed by atoms with van der Waals surface area (Å²) in [5.74, 6) is 0. The Bertz CT molecular complexity index is 121. The van der Waals surface area contributed by atoms with Gasteiger partial charge in [-0.3, -0.25) is 0 Å². The molecule has 0 aliphatic rings. The van der Waals surface area contributed by atoms with Crippen LogP contribution in [0.3, 0.4) is 0 Å². The van der Waals surface area contributed by atoms with Crippen molar-refractivity contribution in [2.24, 2.45) is 0 Å². The summed E-state index contributed by atoms with van der Waals surface area (Å²) < 4.78 is 0. The van der Waals surface area contributed by atoms with Gasteiger partial charge in [0, 0.05) is 0 Å². The van der Waals surface area contributed by atoms with E-state index < -0.39 is 0 Å². The Morgan fingerprint density at radius 3 is 0.474 bits per heavy atom. The minimum absolute atomic E-state index is 0. The van der Waals surface area contributed by atoms with E-state index in [4.69, 9.17) is 0 Å². The summed E-state index contributed by atoms with van der Waals surface area (Å²) in [7, 11) is 0. The van der Waals surface area contributed by atoms with Crippen LogP contribution < -0.4 is 0 Å². The van der Waals surface area contributed by atoms with E-state index in [1.165, 1.54) is 50.6 Å². The maximum Gasteiger partial charge on any atom is 2.00 e. The van der Waals surface area contributed by atoms with Gasteiger partial charge in [-0.25, -0.2) is 0 Å². The predicted octanol–water partition coefficient (Wildman–Crippen LogP) is 6.65. The van der Waals surface area contributed by atoms with E-state index in [0.717, 1.165) is 0 Å². The SMILES string of the molecule is CC[B-](CC)(CC)CC.CC[B-](CC)(CC)CC.[Mg+2]. The Labute approximate surface area is 141 Å². The summed E-state index contributed by atoms with van der Waals surface area (Å²) in [4.78, 5) is 0. The van der Waals surface area contributed by atoms with Crippen LogP contribution in [0.4, 0.5) is 0 Å². The zero-order valence-electron chi connectivity index (χ0n) is 15.5. The van der Waals surface area contributed by atoms with E-state index in [9.17, 15) is 0 Å². The van der Waals surface area contributed by atoms with Crippen LogP contribution in [0.15, 0.2) is 0 Å². The van der Waals surface area contributed by atoms with Gasteiger partial charge in [0.15, 0.2) is 0 Å². The van der Waals surface area contributed by atoms with Crippen molar-refractivity contribution in [3.63, 3.8) is 0 Å². The van der Waals surface area contributed by atoms with Crippen molar-refractivity contribution in [1.82, 2.24) is 0 Å². The molecule has 0 atom stereocenters. The molecular weight excluding hydrogens is 238 g/mol. The van der Waals surface area contributed by atoms with Gasteiger partial charge in [0.1, 0.15) is 0 Å². The smallest absolute Gasteiger partial charge is 0.181 e. The summed E-state index contributed by atoms with van der Waals surface area (Å²) in [5, 5.41) is 0. The van der Waals surface area contributed by atoms with Crippen molar-refractivity contribution in [2.45, 2.75) is 106 Å². The fraction of sp³-hybridized carbons (Fsp3) is 1.00. The monoisotopic (exact) mass is 278 g/mol. The van der Waals surface area contributed by atoms with Crippen molar-refractivity contribution in [2.75, 3.05) is 0 Å². The molecule has 3 heteroatoms. The van der Waals surface area contributed by atoms with Crippen LogP contribution in [0.5, 0.6) is 0 Å². The third-order valence-corrected chi connectivity index (χ3v) is 6.93. The second-order valence-corrected chi connectivity index (χ2v) is 6.73. The first-order valence-electron chi connectivity index (χ1n) is 8.92. The Balaban J connectivity index is -0.000000256. The molecule has 0 amide bonds. The van der Waals surface area contributed by atoms with E-state index in [1.54, 1.807) is 0 Å². The van der Waals surface area contributed by atoms with Gasteiger partial charge in [0.2, 0.25) is 0 Å². The summed E-state index contributed by atoms with van der Waals surface area (Å²) >= 11 is 0. The van der Waals surface area contributed by atoms with Crippen LogP contribution in [0.2, 0.25) is 50.6 Å². The van der Waals surface area contributed by atoms with Crippen LogP contribution >= 0.6 is 0 Å². The molecule has 0 fully saturated rings. The van der Waals surface area contributed by atoms with E-state index in [-0.39, 0.29) is 35.3 Å². The van der Waals surface area contributed by atoms with Crippen molar-refractivity contribution in [3.8, 4) is 0 Å². The van der Waals surface area contributed by atoms with E-state index in [1.807, 2.05) is 0 Å². The van der Waals surface area contributed by atoms with E-state index in [0.29, 0.717) is 0 Å². The van der Waals surface area contributed by atoms with Gasteiger partial charge in [-0.2, -0.15) is 50.6 Å². The van der Waals surface area contributed by atoms with Crippen LogP contribution in [0.25, 0.3) is 0 Å². The molecule has 0 N–H and O–H groups in total. The number of rotatable bonds is 8. The van der Waals surface area contributed by atoms with Crippen LogP contribution in [0.1, 0.15) is 55.4 Å². The average molecular weight is 278 g/mol. The molecule has 0 nitrogen and oxygen atoms in total. The van der Waals surface area contributed by atoms with Gasteiger partial charge >= 0.3 is 23.1 Å². The van der Waals surface area contributed by atoms with Gasteiger partial charge in [0.05, 0.1) is 0 Å². The molecule has 0 unspecified atom stereocenters. The molecule has 0 aromatic carbocycles. The normalized spacial score (nSPS) is 11.4. The first-order valence-corrected chi connectivity index (χ1v) is 8.92. The second kappa shape index (κ2) is 13.9. The van der Waals surface area contributed by atoms with Crippen LogP contribution in [-0.4, -0.2) is 35.3 Å². The molecule has 0 bridgehead atoms. The predicted molar refractivity (Wildman–Crippen MR) is 101 cm³/mol. The summed E-state index contributed by atoms with van der Waals surface area (Å²) in [6.07, 6.45) is 11.4. The van der Waals surface area contributed by atoms with Crippen molar-refractivity contribution in [3.05, 3.63) is 0 Å². The standard InChI is InChI=1S/2C8H20B.Mg/c2*1-5-9(6-2,7-3)8-4;/h2*5-8H2,1-4H3;/q2*-1;+2. The second-order valence-electron chi connectivity index (χ2n) is 6.73. The third kappa shape index (κ3) is 8.70. The zero-order valence-corrected chi connectivity index (χ0v) is 16.9. The molecule has 0 aliphatic carbocycles. The summed E-state index contributed by atoms with van der Waals surface area (Å²) in [6, 6.07) is 0. The Morgan fingerprint density at radius 1 is 0.368 bits per heavy atom. The first-order chi connectivity index (χ1) is 8.49. The average Bonchev–Trinajstić information content (AvgIpc) is 2.46. The number of hydrogen-bond acceptors (Lipinski definition) is 0. The third-order valence-electron chi connectivity index (χ3n) is 6.93. The van der Waals surface area contributed by atoms with Crippen LogP contribution in [-0.2, 0) is 0 Å². The van der Waals surface area contributed by atoms with E-state index >= 15 is 0 Å². The minimum atomic E-state index is 0. The molecule has 0 heterocycles. The van der Waals surface area contributed by atoms with Crippen molar-refractivity contribution in [1.29, 1.82) is 0 Å². The molecule has 0 radical (unpaired) electrons. The summed E-state index contributed by atoms with van der Waals surface area (Å²) in [6.45, 7) is 18.6. The fourth-order valence-electron chi connectivity index (χ4n) is 3.46. The zero-order chi connectivity index (χ0) is 14.7. The van der Waals surface area contributed by atoms with E-state index in [2.05, 4.69) is 55.4 Å². The van der Waals surface area contributed by atoms with Crippen LogP contribution in [0, 0.1) is 0 Å². The van der Waals surface area contributed by atoms with Crippen molar-refractivity contribution < 1.29 is 0 Å². The Hall–Kier alpha value is 0.896. The van der Waals surface area contributed by atoms with Gasteiger partial charge < -0.3 is 0 Å². The van der Waals surface area contributed by atoms with Crippen molar-refractivity contribution >= 4 is 35.3 Å². The molecule has 19 heavy (non-hydrogen) atoms. The first kappa shape index (κ1) is 24.9. The molecule has 0 aromatic heterocycles. The molecule has 0 saturated heterocycles. The Morgan fingerprint density at radius 2 is 0.474 bits per heavy atom.